The van der Waals surface area contributed by atoms with E-state index in [-0.39, 0.29) is 18.9 Å². The number of anilines is 1. The zero-order valence-electron chi connectivity index (χ0n) is 25.4. The minimum atomic E-state index is -4.08. The van der Waals surface area contributed by atoms with E-state index < -0.39 is 34.2 Å². The van der Waals surface area contributed by atoms with Crippen molar-refractivity contribution in [2.45, 2.75) is 59.2 Å². The highest BCUT2D eigenvalue weighted by molar-refractivity contribution is 7.90. The van der Waals surface area contributed by atoms with Crippen LogP contribution in [0.5, 0.6) is 0 Å². The van der Waals surface area contributed by atoms with Crippen LogP contribution in [-0.2, 0) is 32.8 Å². The highest BCUT2D eigenvalue weighted by Crippen LogP contribution is 2.27. The quantitative estimate of drug-likeness (QED) is 0.325. The Kier molecular flexibility index (Phi) is 10.8. The monoisotopic (exact) mass is 612 g/mol. The summed E-state index contributed by atoms with van der Waals surface area (Å²) in [4.78, 5) is 29.7. The van der Waals surface area contributed by atoms with E-state index in [2.05, 4.69) is 5.32 Å². The van der Waals surface area contributed by atoms with Crippen LogP contribution >= 0.6 is 11.6 Å². The average Bonchev–Trinajstić information content (AvgIpc) is 2.91. The molecule has 0 aliphatic heterocycles. The summed E-state index contributed by atoms with van der Waals surface area (Å²) in [5.41, 5.74) is 2.88. The molecule has 0 bridgehead atoms. The molecule has 3 rings (SSSR count). The summed E-state index contributed by atoms with van der Waals surface area (Å²) in [6.07, 6.45) is 0.225. The molecule has 0 aliphatic rings. The number of hydrogen-bond acceptors (Lipinski definition) is 4. The van der Waals surface area contributed by atoms with Gasteiger partial charge in [0.1, 0.15) is 12.6 Å². The standard InChI is InChI=1S/C32H41ClN4O4S/c1-23-17-18-24(2)28(19-23)37(42(40,41)35(6)7)22-30(38)36(21-26-15-11-12-16-27(26)33)29(31(39)34-32(3,4)5)20-25-13-9-8-10-14-25/h8-19,29H,20-22H2,1-7H3,(H,34,39)/t29-/m1/s1. The van der Waals surface area contributed by atoms with Gasteiger partial charge in [-0.2, -0.15) is 12.7 Å². The number of amides is 2. The van der Waals surface area contributed by atoms with Crippen LogP contribution < -0.4 is 9.62 Å². The molecule has 2 amide bonds. The minimum absolute atomic E-state index is 0.0101. The number of benzene rings is 3. The van der Waals surface area contributed by atoms with Crippen LogP contribution in [0, 0.1) is 13.8 Å². The van der Waals surface area contributed by atoms with E-state index in [1.54, 1.807) is 31.2 Å². The van der Waals surface area contributed by atoms with Crippen LogP contribution in [-0.4, -0.2) is 61.7 Å². The molecule has 10 heteroatoms. The normalized spacial score (nSPS) is 12.6. The van der Waals surface area contributed by atoms with Crippen molar-refractivity contribution >= 4 is 39.3 Å². The Morgan fingerprint density at radius 3 is 2.14 bits per heavy atom. The van der Waals surface area contributed by atoms with Crippen LogP contribution in [0.3, 0.4) is 0 Å². The first kappa shape index (κ1) is 33.1. The number of carbonyl (C=O) groups excluding carboxylic acids is 2. The lowest BCUT2D eigenvalue weighted by Crippen LogP contribution is -2.56. The third-order valence-corrected chi connectivity index (χ3v) is 8.89. The Morgan fingerprint density at radius 1 is 0.929 bits per heavy atom. The Morgan fingerprint density at radius 2 is 1.55 bits per heavy atom. The lowest BCUT2D eigenvalue weighted by molar-refractivity contribution is -0.140. The maximum absolute atomic E-state index is 14.4. The molecule has 0 unspecified atom stereocenters. The summed E-state index contributed by atoms with van der Waals surface area (Å²) in [6.45, 7) is 8.78. The molecule has 226 valence electrons. The molecule has 0 saturated heterocycles. The van der Waals surface area contributed by atoms with E-state index in [9.17, 15) is 18.0 Å². The van der Waals surface area contributed by atoms with Crippen LogP contribution in [0.15, 0.2) is 72.8 Å². The first-order chi connectivity index (χ1) is 19.6. The maximum atomic E-state index is 14.4. The smallest absolute Gasteiger partial charge is 0.304 e. The molecule has 0 saturated carbocycles. The summed E-state index contributed by atoms with van der Waals surface area (Å²) in [7, 11) is -1.23. The molecule has 1 atom stereocenters. The first-order valence-corrected chi connectivity index (χ1v) is 15.5. The second kappa shape index (κ2) is 13.7. The second-order valence-corrected chi connectivity index (χ2v) is 14.1. The van der Waals surface area contributed by atoms with Crippen molar-refractivity contribution in [3.63, 3.8) is 0 Å². The molecule has 0 radical (unpaired) electrons. The number of aryl methyl sites for hydroxylation is 2. The highest BCUT2D eigenvalue weighted by atomic mass is 35.5. The van der Waals surface area contributed by atoms with Gasteiger partial charge in [0.2, 0.25) is 11.8 Å². The van der Waals surface area contributed by atoms with E-state index in [0.717, 1.165) is 19.7 Å². The van der Waals surface area contributed by atoms with E-state index >= 15 is 0 Å². The van der Waals surface area contributed by atoms with Gasteiger partial charge in [-0.3, -0.25) is 9.59 Å². The predicted octanol–water partition coefficient (Wildman–Crippen LogP) is 5.12. The second-order valence-electron chi connectivity index (χ2n) is 11.6. The SMILES string of the molecule is Cc1ccc(C)c(N(CC(=O)N(Cc2ccccc2Cl)[C@H](Cc2ccccc2)C(=O)NC(C)(C)C)S(=O)(=O)N(C)C)c1. The molecular formula is C32H41ClN4O4S. The van der Waals surface area contributed by atoms with E-state index in [1.165, 1.54) is 19.0 Å². The molecule has 3 aromatic carbocycles. The summed E-state index contributed by atoms with van der Waals surface area (Å²) in [5, 5.41) is 3.46. The van der Waals surface area contributed by atoms with Gasteiger partial charge in [-0.1, -0.05) is 72.3 Å². The van der Waals surface area contributed by atoms with Crippen molar-refractivity contribution in [1.82, 2.24) is 14.5 Å². The number of nitrogens with zero attached hydrogens (tertiary/aromatic N) is 3. The third kappa shape index (κ3) is 8.56. The Hall–Kier alpha value is -3.40. The van der Waals surface area contributed by atoms with Crippen molar-refractivity contribution in [2.75, 3.05) is 24.9 Å². The van der Waals surface area contributed by atoms with Crippen LogP contribution in [0.2, 0.25) is 5.02 Å². The van der Waals surface area contributed by atoms with Crippen LogP contribution in [0.25, 0.3) is 0 Å². The van der Waals surface area contributed by atoms with E-state index in [4.69, 9.17) is 11.6 Å². The lowest BCUT2D eigenvalue weighted by Gasteiger charge is -2.36. The highest BCUT2D eigenvalue weighted by Gasteiger charge is 2.36. The van der Waals surface area contributed by atoms with Gasteiger partial charge in [0.25, 0.3) is 0 Å². The summed E-state index contributed by atoms with van der Waals surface area (Å²) < 4.78 is 29.4. The fraction of sp³-hybridized carbons (Fsp3) is 0.375. The van der Waals surface area contributed by atoms with Gasteiger partial charge in [0, 0.05) is 37.6 Å². The van der Waals surface area contributed by atoms with Crippen molar-refractivity contribution < 1.29 is 18.0 Å². The van der Waals surface area contributed by atoms with E-state index in [1.807, 2.05) is 76.2 Å². The largest absolute Gasteiger partial charge is 0.350 e. The number of nitrogens with one attached hydrogen (secondary N) is 1. The third-order valence-electron chi connectivity index (χ3n) is 6.72. The molecule has 8 nitrogen and oxygen atoms in total. The summed E-state index contributed by atoms with van der Waals surface area (Å²) >= 11 is 6.53. The molecular weight excluding hydrogens is 572 g/mol. The number of rotatable bonds is 11. The lowest BCUT2D eigenvalue weighted by atomic mass is 10.0. The fourth-order valence-corrected chi connectivity index (χ4v) is 5.82. The molecule has 0 spiro atoms. The summed E-state index contributed by atoms with van der Waals surface area (Å²) in [5.74, 6) is -0.883. The molecule has 1 N–H and O–H groups in total. The molecule has 42 heavy (non-hydrogen) atoms. The first-order valence-electron chi connectivity index (χ1n) is 13.8. The van der Waals surface area contributed by atoms with Gasteiger partial charge in [0.05, 0.1) is 5.69 Å². The maximum Gasteiger partial charge on any atom is 0.304 e. The van der Waals surface area contributed by atoms with Gasteiger partial charge < -0.3 is 10.2 Å². The zero-order chi connectivity index (χ0) is 31.2. The van der Waals surface area contributed by atoms with Crippen molar-refractivity contribution in [2.24, 2.45) is 0 Å². The van der Waals surface area contributed by atoms with Gasteiger partial charge >= 0.3 is 10.2 Å². The molecule has 0 aliphatic carbocycles. The molecule has 3 aromatic rings. The van der Waals surface area contributed by atoms with Gasteiger partial charge in [-0.25, -0.2) is 4.31 Å². The Balaban J connectivity index is 2.16. The molecule has 0 heterocycles. The fourth-order valence-electron chi connectivity index (χ4n) is 4.51. The van der Waals surface area contributed by atoms with Crippen LogP contribution in [0.4, 0.5) is 5.69 Å². The minimum Gasteiger partial charge on any atom is -0.350 e. The van der Waals surface area contributed by atoms with Gasteiger partial charge in [-0.15, -0.1) is 0 Å². The number of halogens is 1. The van der Waals surface area contributed by atoms with Crippen molar-refractivity contribution in [1.29, 1.82) is 0 Å². The number of hydrogen-bond donors (Lipinski definition) is 1. The average molecular weight is 613 g/mol. The topological polar surface area (TPSA) is 90.0 Å². The van der Waals surface area contributed by atoms with Crippen molar-refractivity contribution in [3.05, 3.63) is 100 Å². The zero-order valence-corrected chi connectivity index (χ0v) is 27.0. The van der Waals surface area contributed by atoms with Gasteiger partial charge in [0.15, 0.2) is 0 Å². The molecule has 0 aromatic heterocycles. The van der Waals surface area contributed by atoms with Gasteiger partial charge in [-0.05, 0) is 69.0 Å². The Labute approximate surface area is 255 Å². The predicted molar refractivity (Wildman–Crippen MR) is 170 cm³/mol. The van der Waals surface area contributed by atoms with Crippen molar-refractivity contribution in [3.8, 4) is 0 Å². The number of carbonyl (C=O) groups is 2. The van der Waals surface area contributed by atoms with E-state index in [0.29, 0.717) is 21.8 Å². The summed E-state index contributed by atoms with van der Waals surface area (Å²) in [6, 6.07) is 21.1. The molecule has 0 fully saturated rings. The Bertz CT molecular complexity index is 1500. The van der Waals surface area contributed by atoms with Crippen LogP contribution in [0.1, 0.15) is 43.0 Å².